The van der Waals surface area contributed by atoms with Gasteiger partial charge in [-0.3, -0.25) is 9.48 Å². The molecule has 0 aliphatic heterocycles. The summed E-state index contributed by atoms with van der Waals surface area (Å²) in [6.07, 6.45) is 4.30. The van der Waals surface area contributed by atoms with E-state index in [1.807, 2.05) is 20.9 Å². The lowest BCUT2D eigenvalue weighted by molar-refractivity contribution is 0.0708. The molecule has 0 spiro atoms. The van der Waals surface area contributed by atoms with Crippen LogP contribution >= 0.6 is 0 Å². The number of rotatable bonds is 3. The molecule has 1 aliphatic carbocycles. The summed E-state index contributed by atoms with van der Waals surface area (Å²) in [5.74, 6) is -0.0449. The van der Waals surface area contributed by atoms with E-state index in [0.29, 0.717) is 5.56 Å². The topological polar surface area (TPSA) is 61.9 Å². The number of aromatic nitrogens is 2. The van der Waals surface area contributed by atoms with Gasteiger partial charge in [0.1, 0.15) is 6.54 Å². The van der Waals surface area contributed by atoms with Gasteiger partial charge in [0.15, 0.2) is 0 Å². The zero-order valence-electron chi connectivity index (χ0n) is 11.8. The van der Waals surface area contributed by atoms with E-state index in [0.717, 1.165) is 37.1 Å². The van der Waals surface area contributed by atoms with Crippen molar-refractivity contribution in [2.75, 3.05) is 6.54 Å². The molecule has 0 radical (unpaired) electrons. The minimum Gasteiger partial charge on any atom is -0.322 e. The van der Waals surface area contributed by atoms with Gasteiger partial charge in [0, 0.05) is 18.8 Å². The molecule has 19 heavy (non-hydrogen) atoms. The first-order chi connectivity index (χ1) is 9.06. The fourth-order valence-corrected chi connectivity index (χ4v) is 2.89. The molecule has 5 heteroatoms. The Bertz CT molecular complexity index is 520. The lowest BCUT2D eigenvalue weighted by atomic mass is 10.1. The van der Waals surface area contributed by atoms with Gasteiger partial charge in [0.25, 0.3) is 5.91 Å². The van der Waals surface area contributed by atoms with Gasteiger partial charge in [-0.2, -0.15) is 10.4 Å². The molecule has 1 aliphatic rings. The van der Waals surface area contributed by atoms with Crippen LogP contribution < -0.4 is 0 Å². The Balaban J connectivity index is 2.31. The van der Waals surface area contributed by atoms with E-state index in [1.165, 1.54) is 0 Å². The summed E-state index contributed by atoms with van der Waals surface area (Å²) in [6, 6.07) is 2.33. The molecule has 1 heterocycles. The summed E-state index contributed by atoms with van der Waals surface area (Å²) in [5.41, 5.74) is 2.26. The van der Waals surface area contributed by atoms with Crippen LogP contribution in [0.25, 0.3) is 0 Å². The number of amides is 1. The fourth-order valence-electron chi connectivity index (χ4n) is 2.89. The third kappa shape index (κ3) is 2.48. The molecule has 1 amide bonds. The fraction of sp³-hybridized carbons (Fsp3) is 0.643. The standard InChI is InChI=1S/C14H20N4O/c1-10-13(11(2)17(3)16-10)14(19)18(9-8-15)12-6-4-5-7-12/h12H,4-7,9H2,1-3H3. The average Bonchev–Trinajstić information content (AvgIpc) is 2.96. The molecule has 1 aromatic heterocycles. The molecular weight excluding hydrogens is 240 g/mol. The molecule has 1 saturated carbocycles. The number of aryl methyl sites for hydroxylation is 2. The quantitative estimate of drug-likeness (QED) is 0.780. The highest BCUT2D eigenvalue weighted by atomic mass is 16.2. The third-order valence-corrected chi connectivity index (χ3v) is 3.99. The van der Waals surface area contributed by atoms with E-state index >= 15 is 0 Å². The Morgan fingerprint density at radius 2 is 2.11 bits per heavy atom. The first kappa shape index (κ1) is 13.6. The summed E-state index contributed by atoms with van der Waals surface area (Å²) in [5, 5.41) is 13.3. The maximum absolute atomic E-state index is 12.7. The molecule has 102 valence electrons. The number of carbonyl (C=O) groups excluding carboxylic acids is 1. The molecule has 0 bridgehead atoms. The van der Waals surface area contributed by atoms with Crippen molar-refractivity contribution >= 4 is 5.91 Å². The van der Waals surface area contributed by atoms with E-state index in [1.54, 1.807) is 9.58 Å². The number of hydrogen-bond donors (Lipinski definition) is 0. The second-order valence-corrected chi connectivity index (χ2v) is 5.20. The normalized spacial score (nSPS) is 15.5. The maximum atomic E-state index is 12.7. The van der Waals surface area contributed by atoms with Crippen molar-refractivity contribution in [1.82, 2.24) is 14.7 Å². The Labute approximate surface area is 113 Å². The monoisotopic (exact) mass is 260 g/mol. The number of nitrogens with zero attached hydrogens (tertiary/aromatic N) is 4. The highest BCUT2D eigenvalue weighted by molar-refractivity contribution is 5.96. The van der Waals surface area contributed by atoms with Crippen molar-refractivity contribution in [3.8, 4) is 6.07 Å². The van der Waals surface area contributed by atoms with Gasteiger partial charge < -0.3 is 4.90 Å². The van der Waals surface area contributed by atoms with Crippen LogP contribution in [-0.4, -0.2) is 33.2 Å². The van der Waals surface area contributed by atoms with Crippen molar-refractivity contribution in [2.24, 2.45) is 7.05 Å². The number of nitriles is 1. The number of hydrogen-bond acceptors (Lipinski definition) is 3. The zero-order chi connectivity index (χ0) is 14.0. The van der Waals surface area contributed by atoms with Gasteiger partial charge in [-0.1, -0.05) is 12.8 Å². The Morgan fingerprint density at radius 3 is 2.58 bits per heavy atom. The summed E-state index contributed by atoms with van der Waals surface area (Å²) >= 11 is 0. The van der Waals surface area contributed by atoms with E-state index in [2.05, 4.69) is 11.2 Å². The summed E-state index contributed by atoms with van der Waals surface area (Å²) in [7, 11) is 1.84. The van der Waals surface area contributed by atoms with E-state index in [4.69, 9.17) is 5.26 Å². The van der Waals surface area contributed by atoms with Crippen LogP contribution in [0, 0.1) is 25.2 Å². The van der Waals surface area contributed by atoms with Gasteiger partial charge in [-0.15, -0.1) is 0 Å². The second-order valence-electron chi connectivity index (χ2n) is 5.20. The van der Waals surface area contributed by atoms with Crippen LogP contribution in [0.1, 0.15) is 47.4 Å². The first-order valence-electron chi connectivity index (χ1n) is 6.74. The molecule has 0 saturated heterocycles. The van der Waals surface area contributed by atoms with Gasteiger partial charge >= 0.3 is 0 Å². The summed E-state index contributed by atoms with van der Waals surface area (Å²) < 4.78 is 1.72. The Kier molecular flexibility index (Phi) is 3.89. The van der Waals surface area contributed by atoms with E-state index < -0.39 is 0 Å². The second kappa shape index (κ2) is 5.43. The SMILES string of the molecule is Cc1nn(C)c(C)c1C(=O)N(CC#N)C1CCCC1. The average molecular weight is 260 g/mol. The molecule has 5 nitrogen and oxygen atoms in total. The lowest BCUT2D eigenvalue weighted by Gasteiger charge is -2.26. The van der Waals surface area contributed by atoms with Crippen LogP contribution in [0.3, 0.4) is 0 Å². The molecular formula is C14H20N4O. The van der Waals surface area contributed by atoms with E-state index in [9.17, 15) is 4.79 Å². The van der Waals surface area contributed by atoms with Gasteiger partial charge in [-0.05, 0) is 26.7 Å². The van der Waals surface area contributed by atoms with E-state index in [-0.39, 0.29) is 18.5 Å². The molecule has 2 rings (SSSR count). The largest absolute Gasteiger partial charge is 0.322 e. The Hall–Kier alpha value is -1.83. The van der Waals surface area contributed by atoms with Crippen molar-refractivity contribution in [1.29, 1.82) is 5.26 Å². The molecule has 1 aromatic rings. The molecule has 0 aromatic carbocycles. The molecule has 1 fully saturated rings. The third-order valence-electron chi connectivity index (χ3n) is 3.99. The van der Waals surface area contributed by atoms with Gasteiger partial charge in [0.05, 0.1) is 17.3 Å². The smallest absolute Gasteiger partial charge is 0.258 e. The molecule has 0 atom stereocenters. The predicted molar refractivity (Wildman–Crippen MR) is 71.6 cm³/mol. The highest BCUT2D eigenvalue weighted by Crippen LogP contribution is 2.26. The minimum atomic E-state index is -0.0449. The van der Waals surface area contributed by atoms with Gasteiger partial charge in [0.2, 0.25) is 0 Å². The lowest BCUT2D eigenvalue weighted by Crippen LogP contribution is -2.39. The van der Waals surface area contributed by atoms with Crippen molar-refractivity contribution < 1.29 is 4.79 Å². The summed E-state index contributed by atoms with van der Waals surface area (Å²) in [6.45, 7) is 3.91. The van der Waals surface area contributed by atoms with Crippen molar-refractivity contribution in [2.45, 2.75) is 45.6 Å². The summed E-state index contributed by atoms with van der Waals surface area (Å²) in [4.78, 5) is 14.4. The zero-order valence-corrected chi connectivity index (χ0v) is 11.8. The van der Waals surface area contributed by atoms with Crippen LogP contribution in [0.2, 0.25) is 0 Å². The maximum Gasteiger partial charge on any atom is 0.258 e. The van der Waals surface area contributed by atoms with Crippen LogP contribution in [0.5, 0.6) is 0 Å². The minimum absolute atomic E-state index is 0.0449. The van der Waals surface area contributed by atoms with Crippen molar-refractivity contribution in [3.63, 3.8) is 0 Å². The van der Waals surface area contributed by atoms with Crippen LogP contribution in [0.4, 0.5) is 0 Å². The Morgan fingerprint density at radius 1 is 1.47 bits per heavy atom. The van der Waals surface area contributed by atoms with Crippen LogP contribution in [0.15, 0.2) is 0 Å². The number of carbonyl (C=O) groups is 1. The van der Waals surface area contributed by atoms with Crippen molar-refractivity contribution in [3.05, 3.63) is 17.0 Å². The van der Waals surface area contributed by atoms with Crippen LogP contribution in [-0.2, 0) is 7.05 Å². The highest BCUT2D eigenvalue weighted by Gasteiger charge is 2.30. The van der Waals surface area contributed by atoms with Gasteiger partial charge in [-0.25, -0.2) is 0 Å². The first-order valence-corrected chi connectivity index (χ1v) is 6.74. The molecule has 0 unspecified atom stereocenters. The predicted octanol–water partition coefficient (Wildman–Crippen LogP) is 1.95. The molecule has 0 N–H and O–H groups in total.